The van der Waals surface area contributed by atoms with Gasteiger partial charge in [-0.1, -0.05) is 29.8 Å². The normalized spacial score (nSPS) is 24.8. The van der Waals surface area contributed by atoms with E-state index in [1.807, 2.05) is 24.3 Å². The van der Waals surface area contributed by atoms with E-state index in [0.717, 1.165) is 30.2 Å². The van der Waals surface area contributed by atoms with Crippen LogP contribution in [0.3, 0.4) is 0 Å². The zero-order valence-corrected chi connectivity index (χ0v) is 11.2. The summed E-state index contributed by atoms with van der Waals surface area (Å²) in [6, 6.07) is 8.16. The van der Waals surface area contributed by atoms with Gasteiger partial charge in [0.2, 0.25) is 0 Å². The standard InChI is InChI=1S/C13H20ClN3/c1-16-7-8-17(2)12(9-16)13(15)10-5-3-4-6-11(10)14/h3-6,12-13H,7-9,15H2,1-2H3. The van der Waals surface area contributed by atoms with E-state index in [2.05, 4.69) is 23.9 Å². The van der Waals surface area contributed by atoms with Crippen LogP contribution in [0.5, 0.6) is 0 Å². The number of piperazine rings is 1. The maximum atomic E-state index is 6.37. The van der Waals surface area contributed by atoms with Crippen LogP contribution in [0.2, 0.25) is 5.02 Å². The fourth-order valence-electron chi connectivity index (χ4n) is 2.38. The van der Waals surface area contributed by atoms with Gasteiger partial charge in [0.1, 0.15) is 0 Å². The summed E-state index contributed by atoms with van der Waals surface area (Å²) in [5, 5.41) is 0.765. The van der Waals surface area contributed by atoms with Gasteiger partial charge in [0.25, 0.3) is 0 Å². The van der Waals surface area contributed by atoms with Crippen LogP contribution in [0.25, 0.3) is 0 Å². The summed E-state index contributed by atoms with van der Waals surface area (Å²) in [7, 11) is 4.27. The van der Waals surface area contributed by atoms with E-state index in [1.54, 1.807) is 0 Å². The van der Waals surface area contributed by atoms with Crippen LogP contribution in [0, 0.1) is 0 Å². The fraction of sp³-hybridized carbons (Fsp3) is 0.538. The minimum absolute atomic E-state index is 0.0311. The number of halogens is 1. The molecule has 1 aromatic rings. The molecule has 1 saturated heterocycles. The second kappa shape index (κ2) is 5.36. The highest BCUT2D eigenvalue weighted by Crippen LogP contribution is 2.26. The topological polar surface area (TPSA) is 32.5 Å². The van der Waals surface area contributed by atoms with Gasteiger partial charge in [-0.05, 0) is 25.7 Å². The molecule has 2 rings (SSSR count). The van der Waals surface area contributed by atoms with Crippen molar-refractivity contribution in [2.45, 2.75) is 12.1 Å². The van der Waals surface area contributed by atoms with Gasteiger partial charge in [0.15, 0.2) is 0 Å². The van der Waals surface area contributed by atoms with Gasteiger partial charge >= 0.3 is 0 Å². The Balaban J connectivity index is 2.18. The zero-order chi connectivity index (χ0) is 12.4. The Morgan fingerprint density at radius 2 is 2.00 bits per heavy atom. The molecule has 1 aliphatic heterocycles. The lowest BCUT2D eigenvalue weighted by atomic mass is 9.97. The molecule has 0 saturated carbocycles. The number of nitrogens with zero attached hydrogens (tertiary/aromatic N) is 2. The minimum Gasteiger partial charge on any atom is -0.323 e. The molecule has 2 atom stereocenters. The number of nitrogens with two attached hydrogens (primary N) is 1. The van der Waals surface area contributed by atoms with E-state index in [9.17, 15) is 0 Å². The number of likely N-dealkylation sites (N-methyl/N-ethyl adjacent to an activating group) is 2. The third kappa shape index (κ3) is 2.80. The largest absolute Gasteiger partial charge is 0.323 e. The van der Waals surface area contributed by atoms with Crippen LogP contribution in [-0.2, 0) is 0 Å². The van der Waals surface area contributed by atoms with E-state index in [0.29, 0.717) is 6.04 Å². The maximum Gasteiger partial charge on any atom is 0.0480 e. The molecule has 0 amide bonds. The molecule has 1 heterocycles. The van der Waals surface area contributed by atoms with E-state index >= 15 is 0 Å². The van der Waals surface area contributed by atoms with Gasteiger partial charge in [-0.15, -0.1) is 0 Å². The van der Waals surface area contributed by atoms with Gasteiger partial charge in [-0.3, -0.25) is 4.90 Å². The summed E-state index contributed by atoms with van der Waals surface area (Å²) in [6.07, 6.45) is 0. The van der Waals surface area contributed by atoms with Crippen molar-refractivity contribution in [1.82, 2.24) is 9.80 Å². The van der Waals surface area contributed by atoms with Gasteiger partial charge in [0.05, 0.1) is 0 Å². The second-order valence-corrected chi connectivity index (χ2v) is 5.26. The zero-order valence-electron chi connectivity index (χ0n) is 10.4. The van der Waals surface area contributed by atoms with E-state index in [1.165, 1.54) is 0 Å². The first-order chi connectivity index (χ1) is 8.09. The van der Waals surface area contributed by atoms with Crippen molar-refractivity contribution in [3.05, 3.63) is 34.9 Å². The minimum atomic E-state index is -0.0311. The van der Waals surface area contributed by atoms with E-state index < -0.39 is 0 Å². The van der Waals surface area contributed by atoms with Crippen molar-refractivity contribution >= 4 is 11.6 Å². The Kier molecular flexibility index (Phi) is 4.05. The molecule has 2 unspecified atom stereocenters. The highest BCUT2D eigenvalue weighted by atomic mass is 35.5. The first-order valence-corrected chi connectivity index (χ1v) is 6.36. The molecule has 4 heteroatoms. The molecular formula is C13H20ClN3. The van der Waals surface area contributed by atoms with Crippen molar-refractivity contribution in [2.24, 2.45) is 5.73 Å². The highest BCUT2D eigenvalue weighted by molar-refractivity contribution is 6.31. The van der Waals surface area contributed by atoms with Crippen LogP contribution in [-0.4, -0.2) is 49.6 Å². The maximum absolute atomic E-state index is 6.37. The van der Waals surface area contributed by atoms with Crippen LogP contribution in [0.1, 0.15) is 11.6 Å². The fourth-order valence-corrected chi connectivity index (χ4v) is 2.65. The lowest BCUT2D eigenvalue weighted by Crippen LogP contribution is -2.54. The van der Waals surface area contributed by atoms with Crippen molar-refractivity contribution in [3.8, 4) is 0 Å². The van der Waals surface area contributed by atoms with Gasteiger partial charge in [-0.25, -0.2) is 0 Å². The molecule has 0 aliphatic carbocycles. The van der Waals surface area contributed by atoms with Crippen molar-refractivity contribution < 1.29 is 0 Å². The first-order valence-electron chi connectivity index (χ1n) is 5.98. The Labute approximate surface area is 108 Å². The van der Waals surface area contributed by atoms with Gasteiger partial charge < -0.3 is 10.6 Å². The van der Waals surface area contributed by atoms with Crippen LogP contribution in [0.15, 0.2) is 24.3 Å². The SMILES string of the molecule is CN1CCN(C)C(C(N)c2ccccc2Cl)C1. The first kappa shape index (κ1) is 12.8. The lowest BCUT2D eigenvalue weighted by Gasteiger charge is -2.41. The van der Waals surface area contributed by atoms with Crippen LogP contribution in [0.4, 0.5) is 0 Å². The lowest BCUT2D eigenvalue weighted by molar-refractivity contribution is 0.0974. The number of benzene rings is 1. The van der Waals surface area contributed by atoms with Crippen LogP contribution >= 0.6 is 11.6 Å². The Morgan fingerprint density at radius 1 is 1.29 bits per heavy atom. The van der Waals surface area contributed by atoms with Crippen LogP contribution < -0.4 is 5.73 Å². The van der Waals surface area contributed by atoms with E-state index in [4.69, 9.17) is 17.3 Å². The Hall–Kier alpha value is -0.610. The second-order valence-electron chi connectivity index (χ2n) is 4.86. The third-order valence-corrected chi connectivity index (χ3v) is 3.92. The summed E-state index contributed by atoms with van der Waals surface area (Å²) in [6.45, 7) is 3.14. The molecule has 2 N–H and O–H groups in total. The number of hydrogen-bond acceptors (Lipinski definition) is 3. The monoisotopic (exact) mass is 253 g/mol. The highest BCUT2D eigenvalue weighted by Gasteiger charge is 2.29. The van der Waals surface area contributed by atoms with Crippen molar-refractivity contribution in [2.75, 3.05) is 33.7 Å². The Bertz CT molecular complexity index is 383. The average Bonchev–Trinajstić information content (AvgIpc) is 2.32. The predicted molar refractivity (Wildman–Crippen MR) is 72.3 cm³/mol. The summed E-state index contributed by atoms with van der Waals surface area (Å²) >= 11 is 6.21. The molecule has 94 valence electrons. The van der Waals surface area contributed by atoms with Gasteiger partial charge in [-0.2, -0.15) is 0 Å². The van der Waals surface area contributed by atoms with Crippen molar-refractivity contribution in [3.63, 3.8) is 0 Å². The number of hydrogen-bond donors (Lipinski definition) is 1. The number of rotatable bonds is 2. The molecule has 1 fully saturated rings. The Morgan fingerprint density at radius 3 is 2.71 bits per heavy atom. The molecule has 1 aromatic carbocycles. The van der Waals surface area contributed by atoms with E-state index in [-0.39, 0.29) is 6.04 Å². The third-order valence-electron chi connectivity index (χ3n) is 3.58. The predicted octanol–water partition coefficient (Wildman–Crippen LogP) is 1.59. The molecule has 0 aromatic heterocycles. The molecule has 0 bridgehead atoms. The van der Waals surface area contributed by atoms with Crippen molar-refractivity contribution in [1.29, 1.82) is 0 Å². The molecule has 1 aliphatic rings. The summed E-state index contributed by atoms with van der Waals surface area (Å²) in [5.41, 5.74) is 7.41. The summed E-state index contributed by atoms with van der Waals surface area (Å²) in [5.74, 6) is 0. The summed E-state index contributed by atoms with van der Waals surface area (Å²) < 4.78 is 0. The van der Waals surface area contributed by atoms with Gasteiger partial charge in [0, 0.05) is 36.7 Å². The molecular weight excluding hydrogens is 234 g/mol. The molecule has 0 spiro atoms. The smallest absolute Gasteiger partial charge is 0.0480 e. The summed E-state index contributed by atoms with van der Waals surface area (Å²) in [4.78, 5) is 4.65. The molecule has 17 heavy (non-hydrogen) atoms. The quantitative estimate of drug-likeness (QED) is 0.869. The molecule has 0 radical (unpaired) electrons. The molecule has 3 nitrogen and oxygen atoms in total. The average molecular weight is 254 g/mol.